The van der Waals surface area contributed by atoms with Gasteiger partial charge in [-0.2, -0.15) is 0 Å². The number of amides is 2. The van der Waals surface area contributed by atoms with Gasteiger partial charge in [0.25, 0.3) is 0 Å². The Balaban J connectivity index is 0.00000289. The Bertz CT molecular complexity index is 656. The molecule has 3 aliphatic heterocycles. The van der Waals surface area contributed by atoms with Crippen molar-refractivity contribution in [2.24, 2.45) is 0 Å². The van der Waals surface area contributed by atoms with E-state index >= 15 is 0 Å². The molecule has 196 valence electrons. The van der Waals surface area contributed by atoms with Crippen molar-refractivity contribution in [1.82, 2.24) is 9.80 Å². The van der Waals surface area contributed by atoms with Crippen LogP contribution >= 0.6 is 23.5 Å². The first-order valence-electron chi connectivity index (χ1n) is 11.8. The van der Waals surface area contributed by atoms with E-state index in [4.69, 9.17) is 0 Å². The third-order valence-electron chi connectivity index (χ3n) is 7.42. The van der Waals surface area contributed by atoms with E-state index in [2.05, 4.69) is 0 Å². The summed E-state index contributed by atoms with van der Waals surface area (Å²) in [7, 11) is 0. The third kappa shape index (κ3) is 9.06. The van der Waals surface area contributed by atoms with Crippen LogP contribution in [-0.4, -0.2) is 131 Å². The lowest BCUT2D eigenvalue weighted by molar-refractivity contribution is -1.03. The molecule has 12 heteroatoms. The number of hydrogen-bond donors (Lipinski definition) is 0. The zero-order chi connectivity index (χ0) is 23.2. The van der Waals surface area contributed by atoms with Crippen LogP contribution in [0.4, 0.5) is 0 Å². The van der Waals surface area contributed by atoms with Crippen molar-refractivity contribution in [1.29, 1.82) is 0 Å². The molecular weight excluding hydrogens is 608 g/mol. The monoisotopic (exact) mass is 644 g/mol. The molecule has 3 aliphatic rings. The van der Waals surface area contributed by atoms with E-state index < -0.39 is 0 Å². The minimum Gasteiger partial charge on any atom is -1.00 e. The Morgan fingerprint density at radius 3 is 1.15 bits per heavy atom. The van der Waals surface area contributed by atoms with E-state index in [-0.39, 0.29) is 56.0 Å². The van der Waals surface area contributed by atoms with Gasteiger partial charge in [-0.15, -0.1) is 0 Å². The molecule has 2 amide bonds. The van der Waals surface area contributed by atoms with Crippen molar-refractivity contribution in [3.63, 3.8) is 0 Å². The number of hydrogen-bond acceptors (Lipinski definition) is 6. The van der Waals surface area contributed by atoms with Gasteiger partial charge in [0.15, 0.2) is 10.2 Å². The lowest BCUT2D eigenvalue weighted by atomic mass is 10.1. The number of carbonyl (C=O) groups is 4. The van der Waals surface area contributed by atoms with Gasteiger partial charge in [-0.25, -0.2) is 0 Å². The second kappa shape index (κ2) is 14.6. The number of rotatable bonds is 6. The quantitative estimate of drug-likeness (QED) is 0.269. The van der Waals surface area contributed by atoms with E-state index in [1.165, 1.54) is 23.5 Å². The normalized spacial score (nSPS) is 20.9. The molecule has 0 aromatic heterocycles. The molecule has 8 nitrogen and oxygen atoms in total. The molecule has 0 bridgehead atoms. The molecule has 3 heterocycles. The van der Waals surface area contributed by atoms with Gasteiger partial charge in [0.05, 0.1) is 52.4 Å². The average Bonchev–Trinajstić information content (AvgIpc) is 2.76. The summed E-state index contributed by atoms with van der Waals surface area (Å²) < 4.78 is 2.24. The molecule has 2 spiro atoms. The number of nitrogens with zero attached hydrogens (tertiary/aromatic N) is 4. The molecule has 34 heavy (non-hydrogen) atoms. The minimum atomic E-state index is 0. The van der Waals surface area contributed by atoms with Gasteiger partial charge < -0.3 is 52.7 Å². The average molecular weight is 647 g/mol. The van der Waals surface area contributed by atoms with Crippen LogP contribution in [-0.2, 0) is 19.2 Å². The molecule has 3 rings (SSSR count). The summed E-state index contributed by atoms with van der Waals surface area (Å²) in [6, 6.07) is 0. The van der Waals surface area contributed by atoms with Gasteiger partial charge in [-0.05, 0) is 0 Å². The second-order valence-electron chi connectivity index (χ2n) is 9.41. The molecule has 0 N–H and O–H groups in total. The van der Waals surface area contributed by atoms with Crippen LogP contribution in [0.5, 0.6) is 0 Å². The summed E-state index contributed by atoms with van der Waals surface area (Å²) in [5.41, 5.74) is 0. The lowest BCUT2D eigenvalue weighted by Gasteiger charge is -2.54. The predicted molar refractivity (Wildman–Crippen MR) is 128 cm³/mol. The van der Waals surface area contributed by atoms with Gasteiger partial charge in [-0.3, -0.25) is 19.2 Å². The first-order chi connectivity index (χ1) is 15.2. The molecule has 0 unspecified atom stereocenters. The number of piperazine rings is 3. The molecule has 0 atom stereocenters. The summed E-state index contributed by atoms with van der Waals surface area (Å²) in [6.45, 7) is 15.1. The third-order valence-corrected chi connectivity index (χ3v) is 9.05. The molecule has 3 fully saturated rings. The van der Waals surface area contributed by atoms with Gasteiger partial charge in [0.1, 0.15) is 26.2 Å². The first-order valence-corrected chi connectivity index (χ1v) is 13.7. The first kappa shape index (κ1) is 31.9. The molecule has 3 saturated heterocycles. The minimum absolute atomic E-state index is 0. The van der Waals surface area contributed by atoms with Crippen molar-refractivity contribution in [2.45, 2.75) is 26.7 Å². The zero-order valence-electron chi connectivity index (χ0n) is 20.3. The summed E-state index contributed by atoms with van der Waals surface area (Å²) in [5, 5.41) is 0.145. The maximum absolute atomic E-state index is 12.4. The van der Waals surface area contributed by atoms with Gasteiger partial charge >= 0.3 is 0 Å². The summed E-state index contributed by atoms with van der Waals surface area (Å²) >= 11 is 2.47. The highest BCUT2D eigenvalue weighted by Gasteiger charge is 2.45. The Kier molecular flexibility index (Phi) is 13.7. The fraction of sp³-hybridized carbons (Fsp3) is 0.818. The van der Waals surface area contributed by atoms with Crippen molar-refractivity contribution < 1.29 is 62.1 Å². The van der Waals surface area contributed by atoms with E-state index in [0.29, 0.717) is 24.3 Å². The summed E-state index contributed by atoms with van der Waals surface area (Å²) in [6.07, 6.45) is 0.903. The van der Waals surface area contributed by atoms with Crippen molar-refractivity contribution in [2.75, 3.05) is 90.0 Å². The fourth-order valence-electron chi connectivity index (χ4n) is 5.12. The van der Waals surface area contributed by atoms with Crippen molar-refractivity contribution >= 4 is 45.6 Å². The summed E-state index contributed by atoms with van der Waals surface area (Å²) in [4.78, 5) is 50.9. The highest BCUT2D eigenvalue weighted by Crippen LogP contribution is 2.25. The number of thioether (sulfide) groups is 2. The molecule has 0 saturated carbocycles. The maximum atomic E-state index is 12.4. The Labute approximate surface area is 233 Å². The van der Waals surface area contributed by atoms with E-state index in [9.17, 15) is 19.2 Å². The van der Waals surface area contributed by atoms with E-state index in [0.717, 1.165) is 87.5 Å². The number of halogens is 2. The van der Waals surface area contributed by atoms with Crippen molar-refractivity contribution in [3.05, 3.63) is 0 Å². The van der Waals surface area contributed by atoms with Gasteiger partial charge in [0.2, 0.25) is 11.8 Å². The predicted octanol–water partition coefficient (Wildman–Crippen LogP) is -5.33. The largest absolute Gasteiger partial charge is 1.00 e. The Morgan fingerprint density at radius 2 is 0.882 bits per heavy atom. The second-order valence-corrected chi connectivity index (χ2v) is 12.0. The van der Waals surface area contributed by atoms with Gasteiger partial charge in [-0.1, -0.05) is 23.5 Å². The van der Waals surface area contributed by atoms with Crippen LogP contribution in [0.15, 0.2) is 0 Å². The fourth-order valence-corrected chi connectivity index (χ4v) is 6.25. The van der Waals surface area contributed by atoms with E-state index in [1.807, 2.05) is 9.80 Å². The number of carbonyl (C=O) groups excluding carboxylic acids is 4. The molecule has 0 radical (unpaired) electrons. The Hall–Kier alpha value is -0.140. The van der Waals surface area contributed by atoms with Crippen molar-refractivity contribution in [3.8, 4) is 0 Å². The highest BCUT2D eigenvalue weighted by atomic mass is 79.9. The SMILES string of the molecule is CC(=O)SCCC(=O)N1CC[N+]2(CC1)CC[N+]1(CCN(C(=O)CCSC(C)=O)CC1)CC2.[Br-].[Br-]. The summed E-state index contributed by atoms with van der Waals surface area (Å²) in [5.74, 6) is 1.53. The lowest BCUT2D eigenvalue weighted by Crippen LogP contribution is -3.00. The molecule has 0 aromatic rings. The van der Waals surface area contributed by atoms with Crippen LogP contribution in [0, 0.1) is 0 Å². The maximum Gasteiger partial charge on any atom is 0.223 e. The topological polar surface area (TPSA) is 74.8 Å². The standard InChI is InChI=1S/C22H38N4O4S2.2BrH/c1-19(27)31-17-3-21(29)23-5-9-25(10-6-23)13-15-26(16-14-25)11-7-24(8-12-26)22(30)4-18-32-20(2)28;;/h3-18H2,1-2H3;2*1H/q+2;;/p-2. The van der Waals surface area contributed by atoms with Crippen LogP contribution in [0.3, 0.4) is 0 Å². The van der Waals surface area contributed by atoms with Crippen LogP contribution in [0.1, 0.15) is 26.7 Å². The van der Waals surface area contributed by atoms with Crippen LogP contribution in [0.2, 0.25) is 0 Å². The van der Waals surface area contributed by atoms with Gasteiger partial charge in [0, 0.05) is 38.2 Å². The number of quaternary nitrogens is 2. The van der Waals surface area contributed by atoms with Crippen LogP contribution in [0.25, 0.3) is 0 Å². The smallest absolute Gasteiger partial charge is 0.223 e. The van der Waals surface area contributed by atoms with Crippen LogP contribution < -0.4 is 34.0 Å². The van der Waals surface area contributed by atoms with E-state index in [1.54, 1.807) is 13.8 Å². The molecule has 0 aliphatic carbocycles. The molecular formula is C22H38Br2N4O4S2. The Morgan fingerprint density at radius 1 is 0.588 bits per heavy atom. The zero-order valence-corrected chi connectivity index (χ0v) is 25.1. The highest BCUT2D eigenvalue weighted by molar-refractivity contribution is 8.13. The molecule has 0 aromatic carbocycles.